The SMILES string of the molecule is O=C(Cn1ccn2nc(-c3ccc(F)cc3)c(CO)c2c1=O)Nc1ccccc1. The molecule has 7 nitrogen and oxygen atoms in total. The predicted octanol–water partition coefficient (Wildman–Crippen LogP) is 2.43. The van der Waals surface area contributed by atoms with Crippen molar-refractivity contribution in [3.8, 4) is 11.3 Å². The first-order valence-corrected chi connectivity index (χ1v) is 8.89. The summed E-state index contributed by atoms with van der Waals surface area (Å²) in [5.74, 6) is -0.749. The van der Waals surface area contributed by atoms with E-state index in [2.05, 4.69) is 10.4 Å². The maximum absolute atomic E-state index is 13.2. The first kappa shape index (κ1) is 18.6. The number of hydrogen-bond donors (Lipinski definition) is 2. The van der Waals surface area contributed by atoms with Crippen LogP contribution in [-0.4, -0.2) is 25.2 Å². The second-order valence-corrected chi connectivity index (χ2v) is 6.43. The summed E-state index contributed by atoms with van der Waals surface area (Å²) in [6, 6.07) is 14.6. The summed E-state index contributed by atoms with van der Waals surface area (Å²) in [4.78, 5) is 25.3. The fraction of sp³-hybridized carbons (Fsp3) is 0.0952. The first-order valence-electron chi connectivity index (χ1n) is 8.89. The molecule has 0 bridgehead atoms. The van der Waals surface area contributed by atoms with Crippen molar-refractivity contribution in [2.24, 2.45) is 0 Å². The van der Waals surface area contributed by atoms with E-state index < -0.39 is 18.0 Å². The van der Waals surface area contributed by atoms with Gasteiger partial charge in [-0.15, -0.1) is 0 Å². The highest BCUT2D eigenvalue weighted by Gasteiger charge is 2.18. The van der Waals surface area contributed by atoms with Crippen molar-refractivity contribution < 1.29 is 14.3 Å². The maximum Gasteiger partial charge on any atom is 0.277 e. The third-order valence-corrected chi connectivity index (χ3v) is 4.51. The van der Waals surface area contributed by atoms with Gasteiger partial charge >= 0.3 is 0 Å². The van der Waals surface area contributed by atoms with E-state index in [9.17, 15) is 19.1 Å². The van der Waals surface area contributed by atoms with Crippen molar-refractivity contribution in [3.63, 3.8) is 0 Å². The molecule has 1 amide bonds. The number of aliphatic hydroxyl groups excluding tert-OH is 1. The Morgan fingerprint density at radius 2 is 1.79 bits per heavy atom. The number of fused-ring (bicyclic) bond motifs is 1. The van der Waals surface area contributed by atoms with Crippen molar-refractivity contribution >= 4 is 17.1 Å². The van der Waals surface area contributed by atoms with E-state index in [1.165, 1.54) is 39.5 Å². The molecule has 146 valence electrons. The minimum absolute atomic E-state index is 0.168. The zero-order valence-corrected chi connectivity index (χ0v) is 15.2. The van der Waals surface area contributed by atoms with Gasteiger partial charge in [-0.05, 0) is 36.4 Å². The minimum atomic E-state index is -0.458. The quantitative estimate of drug-likeness (QED) is 0.546. The largest absolute Gasteiger partial charge is 0.392 e. The maximum atomic E-state index is 13.2. The molecule has 0 unspecified atom stereocenters. The van der Waals surface area contributed by atoms with Crippen LogP contribution in [0.4, 0.5) is 10.1 Å². The lowest BCUT2D eigenvalue weighted by Crippen LogP contribution is -2.28. The molecule has 4 aromatic rings. The van der Waals surface area contributed by atoms with Gasteiger partial charge in [0.2, 0.25) is 5.91 Å². The summed E-state index contributed by atoms with van der Waals surface area (Å²) in [6.45, 7) is -0.613. The molecule has 0 atom stereocenters. The molecule has 0 fully saturated rings. The fourth-order valence-corrected chi connectivity index (χ4v) is 3.14. The van der Waals surface area contributed by atoms with Gasteiger partial charge in [0, 0.05) is 29.2 Å². The smallest absolute Gasteiger partial charge is 0.277 e. The van der Waals surface area contributed by atoms with Crippen LogP contribution >= 0.6 is 0 Å². The third kappa shape index (κ3) is 3.65. The van der Waals surface area contributed by atoms with Crippen LogP contribution in [0.3, 0.4) is 0 Å². The second kappa shape index (κ2) is 7.69. The van der Waals surface area contributed by atoms with E-state index in [0.717, 1.165) is 0 Å². The number of hydrogen-bond acceptors (Lipinski definition) is 4. The Morgan fingerprint density at radius 1 is 1.07 bits per heavy atom. The number of anilines is 1. The fourth-order valence-electron chi connectivity index (χ4n) is 3.14. The highest BCUT2D eigenvalue weighted by atomic mass is 19.1. The Balaban J connectivity index is 1.70. The number of amides is 1. The lowest BCUT2D eigenvalue weighted by atomic mass is 10.1. The Kier molecular flexibility index (Phi) is 4.92. The standard InChI is InChI=1S/C21H17FN4O3/c22-15-8-6-14(7-9-15)19-17(13-27)20-21(29)25(10-11-26(20)24-19)12-18(28)23-16-4-2-1-3-5-16/h1-11,27H,12-13H2,(H,23,28). The van der Waals surface area contributed by atoms with E-state index in [1.54, 1.807) is 30.5 Å². The third-order valence-electron chi connectivity index (χ3n) is 4.51. The predicted molar refractivity (Wildman–Crippen MR) is 106 cm³/mol. The molecule has 0 saturated carbocycles. The van der Waals surface area contributed by atoms with Crippen LogP contribution in [0.25, 0.3) is 16.8 Å². The van der Waals surface area contributed by atoms with Crippen LogP contribution in [0.5, 0.6) is 0 Å². The number of carbonyl (C=O) groups is 1. The van der Waals surface area contributed by atoms with Crippen LogP contribution in [-0.2, 0) is 17.9 Å². The number of nitrogens with zero attached hydrogens (tertiary/aromatic N) is 3. The van der Waals surface area contributed by atoms with Crippen molar-refractivity contribution in [1.82, 2.24) is 14.2 Å². The van der Waals surface area contributed by atoms with Gasteiger partial charge in [0.1, 0.15) is 17.9 Å². The molecule has 0 radical (unpaired) electrons. The summed E-state index contributed by atoms with van der Waals surface area (Å²) >= 11 is 0. The van der Waals surface area contributed by atoms with E-state index >= 15 is 0 Å². The lowest BCUT2D eigenvalue weighted by Gasteiger charge is -2.08. The number of aromatic nitrogens is 3. The van der Waals surface area contributed by atoms with Gasteiger partial charge in [0.15, 0.2) is 0 Å². The zero-order chi connectivity index (χ0) is 20.4. The molecule has 0 aliphatic heterocycles. The highest BCUT2D eigenvalue weighted by molar-refractivity contribution is 5.90. The molecule has 0 saturated heterocycles. The van der Waals surface area contributed by atoms with E-state index in [1.807, 2.05) is 6.07 Å². The van der Waals surface area contributed by atoms with E-state index in [0.29, 0.717) is 22.5 Å². The number of carbonyl (C=O) groups excluding carboxylic acids is 1. The number of rotatable bonds is 5. The van der Waals surface area contributed by atoms with Gasteiger partial charge in [0.25, 0.3) is 5.56 Å². The summed E-state index contributed by atoms with van der Waals surface area (Å²) in [5, 5.41) is 16.9. The molecule has 2 heterocycles. The van der Waals surface area contributed by atoms with Gasteiger partial charge < -0.3 is 15.0 Å². The Labute approximate surface area is 164 Å². The van der Waals surface area contributed by atoms with Crippen LogP contribution < -0.4 is 10.9 Å². The van der Waals surface area contributed by atoms with Gasteiger partial charge in [-0.25, -0.2) is 8.91 Å². The molecule has 0 spiro atoms. The first-order chi connectivity index (χ1) is 14.1. The summed E-state index contributed by atoms with van der Waals surface area (Å²) in [5.41, 5.74) is 1.62. The van der Waals surface area contributed by atoms with Crippen LogP contribution in [0, 0.1) is 5.82 Å². The normalized spacial score (nSPS) is 11.0. The number of nitrogens with one attached hydrogen (secondary N) is 1. The summed E-state index contributed by atoms with van der Waals surface area (Å²) in [7, 11) is 0. The number of halogens is 1. The molecule has 8 heteroatoms. The molecule has 2 aromatic carbocycles. The topological polar surface area (TPSA) is 88.6 Å². The average molecular weight is 392 g/mol. The molecule has 2 N–H and O–H groups in total. The Hall–Kier alpha value is -3.78. The molecule has 4 rings (SSSR count). The summed E-state index contributed by atoms with van der Waals surface area (Å²) in [6.07, 6.45) is 3.00. The minimum Gasteiger partial charge on any atom is -0.392 e. The molecule has 2 aromatic heterocycles. The van der Waals surface area contributed by atoms with Crippen molar-refractivity contribution in [2.45, 2.75) is 13.2 Å². The lowest BCUT2D eigenvalue weighted by molar-refractivity contribution is -0.116. The monoisotopic (exact) mass is 392 g/mol. The highest BCUT2D eigenvalue weighted by Crippen LogP contribution is 2.25. The zero-order valence-electron chi connectivity index (χ0n) is 15.2. The number of benzene rings is 2. The van der Waals surface area contributed by atoms with Gasteiger partial charge in [0.05, 0.1) is 12.3 Å². The Morgan fingerprint density at radius 3 is 2.48 bits per heavy atom. The average Bonchev–Trinajstić information content (AvgIpc) is 3.11. The van der Waals surface area contributed by atoms with Crippen molar-refractivity contribution in [2.75, 3.05) is 5.32 Å². The van der Waals surface area contributed by atoms with Gasteiger partial charge in [-0.1, -0.05) is 18.2 Å². The molecule has 29 heavy (non-hydrogen) atoms. The van der Waals surface area contributed by atoms with Gasteiger partial charge in [-0.2, -0.15) is 5.10 Å². The van der Waals surface area contributed by atoms with Crippen LogP contribution in [0.15, 0.2) is 71.8 Å². The molecular weight excluding hydrogens is 375 g/mol. The molecular formula is C21H17FN4O3. The van der Waals surface area contributed by atoms with Crippen LogP contribution in [0.2, 0.25) is 0 Å². The summed E-state index contributed by atoms with van der Waals surface area (Å²) < 4.78 is 15.8. The van der Waals surface area contributed by atoms with Gasteiger partial charge in [-0.3, -0.25) is 9.59 Å². The van der Waals surface area contributed by atoms with E-state index in [4.69, 9.17) is 0 Å². The second-order valence-electron chi connectivity index (χ2n) is 6.43. The molecule has 0 aliphatic carbocycles. The number of aliphatic hydroxyl groups is 1. The Bertz CT molecular complexity index is 1230. The van der Waals surface area contributed by atoms with E-state index in [-0.39, 0.29) is 18.0 Å². The molecule has 0 aliphatic rings. The van der Waals surface area contributed by atoms with Crippen molar-refractivity contribution in [3.05, 3.63) is 88.7 Å². The van der Waals surface area contributed by atoms with Crippen LogP contribution in [0.1, 0.15) is 5.56 Å². The number of para-hydroxylation sites is 1. The van der Waals surface area contributed by atoms with Crippen molar-refractivity contribution in [1.29, 1.82) is 0 Å².